The van der Waals surface area contributed by atoms with Crippen molar-refractivity contribution in [1.29, 1.82) is 0 Å². The summed E-state index contributed by atoms with van der Waals surface area (Å²) in [7, 11) is -3.65. The first kappa shape index (κ1) is 14.5. The molecule has 0 aliphatic heterocycles. The van der Waals surface area contributed by atoms with Gasteiger partial charge in [0.05, 0.1) is 11.0 Å². The van der Waals surface area contributed by atoms with Gasteiger partial charge in [-0.2, -0.15) is 8.42 Å². The Hall–Kier alpha value is -0.580. The minimum absolute atomic E-state index is 0.195. The zero-order valence-corrected chi connectivity index (χ0v) is 11.6. The van der Waals surface area contributed by atoms with E-state index in [1.54, 1.807) is 31.2 Å². The fraction of sp³-hybridized carbons (Fsp3) is 0.500. The average Bonchev–Trinajstić information content (AvgIpc) is 2.26. The smallest absolute Gasteiger partial charge is 0.263 e. The fourth-order valence-electron chi connectivity index (χ4n) is 1.39. The van der Waals surface area contributed by atoms with Crippen LogP contribution in [-0.4, -0.2) is 20.4 Å². The SMILES string of the molecule is Cc1ccc(S(=O)(=O)OC(C)CCCCl)cc1. The van der Waals surface area contributed by atoms with Crippen molar-refractivity contribution in [3.63, 3.8) is 0 Å². The molecular weight excluding hydrogens is 260 g/mol. The molecule has 0 aliphatic carbocycles. The Bertz CT molecular complexity index is 439. The first-order valence-corrected chi connectivity index (χ1v) is 7.46. The molecule has 0 saturated carbocycles. The maximum absolute atomic E-state index is 11.9. The Morgan fingerprint density at radius 2 is 1.88 bits per heavy atom. The van der Waals surface area contributed by atoms with Crippen LogP contribution in [0.25, 0.3) is 0 Å². The lowest BCUT2D eigenvalue weighted by Gasteiger charge is -2.12. The van der Waals surface area contributed by atoms with E-state index in [0.29, 0.717) is 12.3 Å². The molecule has 0 aliphatic rings. The van der Waals surface area contributed by atoms with Crippen molar-refractivity contribution >= 4 is 21.7 Å². The van der Waals surface area contributed by atoms with Gasteiger partial charge < -0.3 is 0 Å². The highest BCUT2D eigenvalue weighted by molar-refractivity contribution is 7.86. The summed E-state index contributed by atoms with van der Waals surface area (Å²) >= 11 is 5.55. The van der Waals surface area contributed by atoms with Gasteiger partial charge in [0.15, 0.2) is 0 Å². The van der Waals surface area contributed by atoms with Crippen LogP contribution in [0.2, 0.25) is 0 Å². The lowest BCUT2D eigenvalue weighted by molar-refractivity contribution is 0.217. The highest BCUT2D eigenvalue weighted by Gasteiger charge is 2.18. The molecule has 0 spiro atoms. The predicted octanol–water partition coefficient (Wildman–Crippen LogP) is 3.11. The van der Waals surface area contributed by atoms with E-state index < -0.39 is 10.1 Å². The van der Waals surface area contributed by atoms with Crippen LogP contribution >= 0.6 is 11.6 Å². The van der Waals surface area contributed by atoms with Crippen LogP contribution in [0, 0.1) is 6.92 Å². The number of hydrogen-bond donors (Lipinski definition) is 0. The monoisotopic (exact) mass is 276 g/mol. The van der Waals surface area contributed by atoms with E-state index in [-0.39, 0.29) is 11.0 Å². The van der Waals surface area contributed by atoms with Crippen molar-refractivity contribution in [2.24, 2.45) is 0 Å². The summed E-state index contributed by atoms with van der Waals surface area (Å²) in [6, 6.07) is 6.61. The second-order valence-corrected chi connectivity index (χ2v) is 5.96. The normalized spacial score (nSPS) is 13.6. The van der Waals surface area contributed by atoms with E-state index in [2.05, 4.69) is 0 Å². The largest absolute Gasteiger partial charge is 0.297 e. The summed E-state index contributed by atoms with van der Waals surface area (Å²) in [6.45, 7) is 3.64. The molecule has 0 bridgehead atoms. The molecule has 0 fully saturated rings. The predicted molar refractivity (Wildman–Crippen MR) is 68.9 cm³/mol. The summed E-state index contributed by atoms with van der Waals surface area (Å²) in [5.41, 5.74) is 1.01. The van der Waals surface area contributed by atoms with Gasteiger partial charge in [-0.25, -0.2) is 0 Å². The van der Waals surface area contributed by atoms with Crippen molar-refractivity contribution in [2.45, 2.75) is 37.7 Å². The number of benzene rings is 1. The average molecular weight is 277 g/mol. The summed E-state index contributed by atoms with van der Waals surface area (Å²) in [4.78, 5) is 0.195. The highest BCUT2D eigenvalue weighted by Crippen LogP contribution is 2.16. The molecule has 1 unspecified atom stereocenters. The van der Waals surface area contributed by atoms with Crippen molar-refractivity contribution in [1.82, 2.24) is 0 Å². The minimum Gasteiger partial charge on any atom is -0.263 e. The van der Waals surface area contributed by atoms with Crippen molar-refractivity contribution in [3.8, 4) is 0 Å². The molecule has 0 saturated heterocycles. The summed E-state index contributed by atoms with van der Waals surface area (Å²) in [6.07, 6.45) is 1.03. The quantitative estimate of drug-likeness (QED) is 0.592. The van der Waals surface area contributed by atoms with Crippen LogP contribution in [-0.2, 0) is 14.3 Å². The molecule has 1 aromatic carbocycles. The van der Waals surface area contributed by atoms with E-state index >= 15 is 0 Å². The third-order valence-corrected chi connectivity index (χ3v) is 4.04. The van der Waals surface area contributed by atoms with E-state index in [1.165, 1.54) is 0 Å². The Morgan fingerprint density at radius 3 is 2.41 bits per heavy atom. The van der Waals surface area contributed by atoms with Crippen LogP contribution in [0.4, 0.5) is 0 Å². The van der Waals surface area contributed by atoms with Gasteiger partial charge in [-0.1, -0.05) is 17.7 Å². The molecule has 96 valence electrons. The Labute approximate surface area is 108 Å². The van der Waals surface area contributed by atoms with Crippen molar-refractivity contribution < 1.29 is 12.6 Å². The molecular formula is C12H17ClO3S. The number of rotatable bonds is 6. The second-order valence-electron chi connectivity index (χ2n) is 4.01. The van der Waals surface area contributed by atoms with Gasteiger partial charge in [-0.3, -0.25) is 4.18 Å². The molecule has 17 heavy (non-hydrogen) atoms. The van der Waals surface area contributed by atoms with Gasteiger partial charge in [0.2, 0.25) is 0 Å². The van der Waals surface area contributed by atoms with Crippen molar-refractivity contribution in [3.05, 3.63) is 29.8 Å². The molecule has 0 amide bonds. The first-order valence-electron chi connectivity index (χ1n) is 5.51. The van der Waals surface area contributed by atoms with Gasteiger partial charge in [-0.05, 0) is 38.8 Å². The molecule has 0 radical (unpaired) electrons. The molecule has 1 atom stereocenters. The second kappa shape index (κ2) is 6.38. The number of aryl methyl sites for hydroxylation is 1. The van der Waals surface area contributed by atoms with Crippen LogP contribution in [0.1, 0.15) is 25.3 Å². The molecule has 3 nitrogen and oxygen atoms in total. The molecule has 1 aromatic rings. The zero-order chi connectivity index (χ0) is 12.9. The lowest BCUT2D eigenvalue weighted by Crippen LogP contribution is -2.15. The summed E-state index contributed by atoms with van der Waals surface area (Å²) in [5, 5.41) is 0. The first-order chi connectivity index (χ1) is 7.95. The van der Waals surface area contributed by atoms with Crippen LogP contribution in [0.5, 0.6) is 0 Å². The zero-order valence-electron chi connectivity index (χ0n) is 10.0. The number of halogens is 1. The van der Waals surface area contributed by atoms with E-state index in [4.69, 9.17) is 15.8 Å². The minimum atomic E-state index is -3.65. The van der Waals surface area contributed by atoms with Crippen LogP contribution in [0.3, 0.4) is 0 Å². The van der Waals surface area contributed by atoms with E-state index in [1.807, 2.05) is 6.92 Å². The van der Waals surface area contributed by atoms with Gasteiger partial charge in [0.1, 0.15) is 0 Å². The Kier molecular flexibility index (Phi) is 5.43. The molecule has 0 heterocycles. The van der Waals surface area contributed by atoms with Gasteiger partial charge in [0, 0.05) is 5.88 Å². The van der Waals surface area contributed by atoms with Crippen LogP contribution in [0.15, 0.2) is 29.2 Å². The fourth-order valence-corrected chi connectivity index (χ4v) is 2.65. The van der Waals surface area contributed by atoms with Gasteiger partial charge >= 0.3 is 0 Å². The number of alkyl halides is 1. The standard InChI is InChI=1S/C12H17ClO3S/c1-10-5-7-12(8-6-10)17(14,15)16-11(2)4-3-9-13/h5-8,11H,3-4,9H2,1-2H3. The highest BCUT2D eigenvalue weighted by atomic mass is 35.5. The lowest BCUT2D eigenvalue weighted by atomic mass is 10.2. The van der Waals surface area contributed by atoms with E-state index in [0.717, 1.165) is 12.0 Å². The Balaban J connectivity index is 2.71. The van der Waals surface area contributed by atoms with E-state index in [9.17, 15) is 8.42 Å². The van der Waals surface area contributed by atoms with Gasteiger partial charge in [0.25, 0.3) is 10.1 Å². The van der Waals surface area contributed by atoms with Crippen LogP contribution < -0.4 is 0 Å². The number of hydrogen-bond acceptors (Lipinski definition) is 3. The molecule has 0 N–H and O–H groups in total. The molecule has 5 heteroatoms. The van der Waals surface area contributed by atoms with Gasteiger partial charge in [-0.15, -0.1) is 11.6 Å². The maximum Gasteiger partial charge on any atom is 0.297 e. The topological polar surface area (TPSA) is 43.4 Å². The Morgan fingerprint density at radius 1 is 1.29 bits per heavy atom. The third kappa shape index (κ3) is 4.66. The molecule has 1 rings (SSSR count). The summed E-state index contributed by atoms with van der Waals surface area (Å²) < 4.78 is 28.8. The maximum atomic E-state index is 11.9. The summed E-state index contributed by atoms with van der Waals surface area (Å²) in [5.74, 6) is 0.512. The molecule has 0 aromatic heterocycles. The van der Waals surface area contributed by atoms with Crippen molar-refractivity contribution in [2.75, 3.05) is 5.88 Å². The third-order valence-electron chi connectivity index (χ3n) is 2.34.